The number of rotatable bonds is 3. The Morgan fingerprint density at radius 2 is 1.88 bits per heavy atom. The molecule has 1 fully saturated rings. The second kappa shape index (κ2) is 6.90. The van der Waals surface area contributed by atoms with E-state index >= 15 is 0 Å². The Kier molecular flexibility index (Phi) is 4.96. The van der Waals surface area contributed by atoms with E-state index in [1.807, 2.05) is 6.92 Å². The van der Waals surface area contributed by atoms with E-state index in [0.29, 0.717) is 10.7 Å². The number of carbonyl (C=O) groups is 2. The zero-order valence-electron chi connectivity index (χ0n) is 13.6. The van der Waals surface area contributed by atoms with E-state index in [1.54, 1.807) is 18.2 Å². The van der Waals surface area contributed by atoms with Gasteiger partial charge >= 0.3 is 0 Å². The monoisotopic (exact) mass is 412 g/mol. The van der Waals surface area contributed by atoms with Crippen molar-refractivity contribution in [1.29, 1.82) is 0 Å². The predicted molar refractivity (Wildman–Crippen MR) is 101 cm³/mol. The second-order valence-electron chi connectivity index (χ2n) is 5.80. The Morgan fingerprint density at radius 3 is 2.50 bits per heavy atom. The molecule has 0 atom stereocenters. The van der Waals surface area contributed by atoms with Gasteiger partial charge in [0.05, 0.1) is 22.0 Å². The number of hydrogen-bond donors (Lipinski definition) is 1. The summed E-state index contributed by atoms with van der Waals surface area (Å²) in [5, 5.41) is 3.23. The zero-order chi connectivity index (χ0) is 19.1. The van der Waals surface area contributed by atoms with Gasteiger partial charge < -0.3 is 5.32 Å². The number of aryl methyl sites for hydroxylation is 1. The lowest BCUT2D eigenvalue weighted by Gasteiger charge is -2.16. The minimum atomic E-state index is -3.69. The molecule has 3 rings (SSSR count). The van der Waals surface area contributed by atoms with Gasteiger partial charge in [-0.15, -0.1) is 0 Å². The molecule has 0 unspecified atom stereocenters. The van der Waals surface area contributed by atoms with Gasteiger partial charge in [-0.2, -0.15) is 0 Å². The summed E-state index contributed by atoms with van der Waals surface area (Å²) < 4.78 is 24.7. The Labute approximate surface area is 160 Å². The highest BCUT2D eigenvalue weighted by Gasteiger charge is 2.36. The van der Waals surface area contributed by atoms with Gasteiger partial charge in [-0.3, -0.25) is 9.59 Å². The summed E-state index contributed by atoms with van der Waals surface area (Å²) in [5.74, 6) is -1.23. The molecule has 0 bridgehead atoms. The molecule has 2 aromatic carbocycles. The van der Waals surface area contributed by atoms with Crippen molar-refractivity contribution in [2.24, 2.45) is 0 Å². The Hall–Kier alpha value is -2.09. The molecular formula is C17H14Cl2N2O4S. The Morgan fingerprint density at radius 1 is 1.15 bits per heavy atom. The summed E-state index contributed by atoms with van der Waals surface area (Å²) in [6.45, 7) is 1.82. The fraction of sp³-hybridized carbons (Fsp3) is 0.176. The van der Waals surface area contributed by atoms with Crippen molar-refractivity contribution in [3.63, 3.8) is 0 Å². The average Bonchev–Trinajstić information content (AvgIpc) is 2.83. The molecule has 1 heterocycles. The van der Waals surface area contributed by atoms with Gasteiger partial charge in [-0.1, -0.05) is 29.3 Å². The highest BCUT2D eigenvalue weighted by molar-refractivity contribution is 7.94. The maximum Gasteiger partial charge on any atom is 0.257 e. The zero-order valence-corrected chi connectivity index (χ0v) is 16.0. The first-order chi connectivity index (χ1) is 12.2. The first-order valence-electron chi connectivity index (χ1n) is 7.62. The predicted octanol–water partition coefficient (Wildman–Crippen LogP) is 3.62. The van der Waals surface area contributed by atoms with Crippen LogP contribution in [-0.2, 0) is 14.8 Å². The van der Waals surface area contributed by atoms with Gasteiger partial charge in [0.2, 0.25) is 15.9 Å². The molecular weight excluding hydrogens is 399 g/mol. The molecule has 136 valence electrons. The number of nitrogens with one attached hydrogen (secondary N) is 1. The average molecular weight is 413 g/mol. The summed E-state index contributed by atoms with van der Waals surface area (Å²) in [6.07, 6.45) is -0.0732. The van der Waals surface area contributed by atoms with Crippen molar-refractivity contribution in [3.05, 3.63) is 57.6 Å². The highest BCUT2D eigenvalue weighted by atomic mass is 35.5. The van der Waals surface area contributed by atoms with Crippen LogP contribution in [0.15, 0.2) is 36.4 Å². The van der Waals surface area contributed by atoms with Crippen LogP contribution in [0.25, 0.3) is 0 Å². The maximum atomic E-state index is 12.5. The normalized spacial score (nSPS) is 16.0. The lowest BCUT2D eigenvalue weighted by Crippen LogP contribution is -2.29. The number of carbonyl (C=O) groups excluding carboxylic acids is 2. The van der Waals surface area contributed by atoms with Gasteiger partial charge in [-0.25, -0.2) is 12.7 Å². The summed E-state index contributed by atoms with van der Waals surface area (Å²) in [4.78, 5) is 24.3. The largest absolute Gasteiger partial charge is 0.322 e. The third-order valence-corrected chi connectivity index (χ3v) is 6.20. The van der Waals surface area contributed by atoms with Crippen LogP contribution >= 0.6 is 23.2 Å². The molecule has 9 heteroatoms. The van der Waals surface area contributed by atoms with E-state index in [-0.39, 0.29) is 28.4 Å². The van der Waals surface area contributed by atoms with Crippen molar-refractivity contribution < 1.29 is 18.0 Å². The number of halogens is 2. The summed E-state index contributed by atoms with van der Waals surface area (Å²) in [7, 11) is -3.69. The maximum absolute atomic E-state index is 12.5. The van der Waals surface area contributed by atoms with Crippen molar-refractivity contribution in [3.8, 4) is 0 Å². The number of nitrogens with zero attached hydrogens (tertiary/aromatic N) is 1. The molecule has 2 amide bonds. The molecule has 0 radical (unpaired) electrons. The van der Waals surface area contributed by atoms with Crippen LogP contribution < -0.4 is 9.62 Å². The molecule has 1 saturated heterocycles. The van der Waals surface area contributed by atoms with Gasteiger partial charge in [0.25, 0.3) is 5.91 Å². The molecule has 6 nitrogen and oxygen atoms in total. The minimum absolute atomic E-state index is 0.0366. The van der Waals surface area contributed by atoms with E-state index in [2.05, 4.69) is 5.32 Å². The number of hydrogen-bond acceptors (Lipinski definition) is 4. The van der Waals surface area contributed by atoms with Crippen LogP contribution in [0.3, 0.4) is 0 Å². The fourth-order valence-electron chi connectivity index (χ4n) is 2.60. The first-order valence-corrected chi connectivity index (χ1v) is 9.98. The van der Waals surface area contributed by atoms with Gasteiger partial charge in [-0.05, 0) is 42.8 Å². The first kappa shape index (κ1) is 18.7. The number of sulfonamides is 1. The smallest absolute Gasteiger partial charge is 0.257 e. The molecule has 1 N–H and O–H groups in total. The summed E-state index contributed by atoms with van der Waals surface area (Å²) in [5.41, 5.74) is 1.64. The third kappa shape index (κ3) is 3.56. The summed E-state index contributed by atoms with van der Waals surface area (Å²) >= 11 is 12.1. The summed E-state index contributed by atoms with van der Waals surface area (Å²) in [6, 6.07) is 9.16. The minimum Gasteiger partial charge on any atom is -0.322 e. The van der Waals surface area contributed by atoms with Crippen LogP contribution in [0.2, 0.25) is 10.0 Å². The lowest BCUT2D eigenvalue weighted by atomic mass is 10.1. The van der Waals surface area contributed by atoms with Gasteiger partial charge in [0.15, 0.2) is 0 Å². The topological polar surface area (TPSA) is 83.6 Å². The van der Waals surface area contributed by atoms with E-state index in [9.17, 15) is 18.0 Å². The van der Waals surface area contributed by atoms with Gasteiger partial charge in [0.1, 0.15) is 0 Å². The quantitative estimate of drug-likeness (QED) is 0.833. The van der Waals surface area contributed by atoms with Crippen molar-refractivity contribution in [2.45, 2.75) is 13.3 Å². The third-order valence-electron chi connectivity index (χ3n) is 3.96. The molecule has 0 aliphatic carbocycles. The second-order valence-corrected chi connectivity index (χ2v) is 8.58. The van der Waals surface area contributed by atoms with Gasteiger partial charge in [0, 0.05) is 17.1 Å². The van der Waals surface area contributed by atoms with Crippen LogP contribution in [0.4, 0.5) is 11.4 Å². The van der Waals surface area contributed by atoms with E-state index in [4.69, 9.17) is 23.2 Å². The van der Waals surface area contributed by atoms with E-state index in [0.717, 1.165) is 9.87 Å². The Balaban J connectivity index is 1.89. The van der Waals surface area contributed by atoms with Crippen LogP contribution in [0.1, 0.15) is 22.3 Å². The highest BCUT2D eigenvalue weighted by Crippen LogP contribution is 2.30. The van der Waals surface area contributed by atoms with Crippen LogP contribution in [-0.4, -0.2) is 26.0 Å². The molecule has 1 aliphatic rings. The van der Waals surface area contributed by atoms with Crippen LogP contribution in [0, 0.1) is 6.92 Å². The number of anilines is 2. The molecule has 26 heavy (non-hydrogen) atoms. The molecule has 0 saturated carbocycles. The fourth-order valence-corrected chi connectivity index (χ4v) is 4.49. The molecule has 0 spiro atoms. The molecule has 1 aliphatic heterocycles. The number of amides is 2. The standard InChI is InChI=1S/C17H14Cl2N2O4S/c1-10-2-3-11(18)8-15(10)20-17(23)13-5-4-12(9-14(13)19)21-16(22)6-7-26(21,24)25/h2-5,8-9H,6-7H2,1H3,(H,20,23). The van der Waals surface area contributed by atoms with Crippen LogP contribution in [0.5, 0.6) is 0 Å². The van der Waals surface area contributed by atoms with E-state index in [1.165, 1.54) is 18.2 Å². The van der Waals surface area contributed by atoms with Crippen molar-refractivity contribution in [2.75, 3.05) is 15.4 Å². The Bertz CT molecular complexity index is 1020. The lowest BCUT2D eigenvalue weighted by molar-refractivity contribution is -0.116. The van der Waals surface area contributed by atoms with Crippen molar-refractivity contribution >= 4 is 56.4 Å². The number of benzene rings is 2. The molecule has 2 aromatic rings. The molecule has 0 aromatic heterocycles. The van der Waals surface area contributed by atoms with E-state index < -0.39 is 21.8 Å². The SMILES string of the molecule is Cc1ccc(Cl)cc1NC(=O)c1ccc(N2C(=O)CCS2(=O)=O)cc1Cl. The van der Waals surface area contributed by atoms with Crippen molar-refractivity contribution in [1.82, 2.24) is 0 Å².